The second kappa shape index (κ2) is 15.4. The van der Waals surface area contributed by atoms with Gasteiger partial charge in [-0.3, -0.25) is 9.78 Å². The number of fused-ring (bicyclic) bond motifs is 1. The molecule has 6 heteroatoms. The van der Waals surface area contributed by atoms with Gasteiger partial charge in [-0.05, 0) is 42.5 Å². The minimum absolute atomic E-state index is 0. The summed E-state index contributed by atoms with van der Waals surface area (Å²) in [5, 5.41) is 12.0. The number of hydrogen-bond acceptors (Lipinski definition) is 5. The molecule has 199 valence electrons. The summed E-state index contributed by atoms with van der Waals surface area (Å²) in [6, 6.07) is 7.69. The SMILES string of the molecule is CCC(CC)C(=O)C=C(O)C(CC)CC.Cc1[c-]c(-c2ncnc3c(C(C)C)csc23)cc(C)c1.[Ir]. The van der Waals surface area contributed by atoms with Gasteiger partial charge in [-0.25, -0.2) is 4.98 Å². The molecular formula is C30H41IrN2O2S-. The standard InChI is InChI=1S/C17H17N2S.C13H24O2.Ir/c1-10(2)14-8-20-17-15(18-9-19-16(14)17)13-6-11(3)5-12(4)7-13;1-5-10(6-2)12(14)9-13(15)11(7-3)8-4;/h5-6,8-10H,1-4H3;9-11,14H,5-8H2,1-4H3;/q-1;;. The third kappa shape index (κ3) is 8.33. The summed E-state index contributed by atoms with van der Waals surface area (Å²) in [6.45, 7) is 16.7. The van der Waals surface area contributed by atoms with Gasteiger partial charge in [-0.1, -0.05) is 55.4 Å². The van der Waals surface area contributed by atoms with E-state index in [4.69, 9.17) is 0 Å². The van der Waals surface area contributed by atoms with Crippen molar-refractivity contribution in [3.05, 3.63) is 58.4 Å². The van der Waals surface area contributed by atoms with E-state index in [1.54, 1.807) is 17.7 Å². The zero-order valence-corrected chi connectivity index (χ0v) is 26.2. The topological polar surface area (TPSA) is 63.1 Å². The van der Waals surface area contributed by atoms with E-state index >= 15 is 0 Å². The van der Waals surface area contributed by atoms with Gasteiger partial charge in [0.05, 0.1) is 11.3 Å². The van der Waals surface area contributed by atoms with Crippen LogP contribution in [-0.4, -0.2) is 20.9 Å². The molecule has 0 spiro atoms. The van der Waals surface area contributed by atoms with Gasteiger partial charge in [0.1, 0.15) is 6.33 Å². The number of aliphatic hydroxyl groups is 1. The van der Waals surface area contributed by atoms with Crippen LogP contribution in [0, 0.1) is 31.7 Å². The normalized spacial score (nSPS) is 11.6. The molecule has 0 bridgehead atoms. The first kappa shape index (κ1) is 32.1. The van der Waals surface area contributed by atoms with Crippen molar-refractivity contribution in [1.29, 1.82) is 0 Å². The van der Waals surface area contributed by atoms with Gasteiger partial charge >= 0.3 is 0 Å². The second-order valence-corrected chi connectivity index (χ2v) is 10.4. The molecule has 0 saturated carbocycles. The predicted molar refractivity (Wildman–Crippen MR) is 149 cm³/mol. The zero-order valence-electron chi connectivity index (χ0n) is 22.9. The number of carbonyl (C=O) groups excluding carboxylic acids is 1. The maximum Gasteiger partial charge on any atom is 0.162 e. The summed E-state index contributed by atoms with van der Waals surface area (Å²) in [7, 11) is 0. The van der Waals surface area contributed by atoms with Crippen molar-refractivity contribution in [2.24, 2.45) is 11.8 Å². The molecular weight excluding hydrogens is 645 g/mol. The first-order valence-corrected chi connectivity index (χ1v) is 13.7. The number of aromatic nitrogens is 2. The van der Waals surface area contributed by atoms with Crippen molar-refractivity contribution in [3.8, 4) is 11.3 Å². The van der Waals surface area contributed by atoms with Crippen LogP contribution in [0.2, 0.25) is 0 Å². The van der Waals surface area contributed by atoms with Gasteiger partial charge in [0.15, 0.2) is 5.78 Å². The maximum absolute atomic E-state index is 11.7. The van der Waals surface area contributed by atoms with Crippen molar-refractivity contribution >= 4 is 27.3 Å². The monoisotopic (exact) mass is 686 g/mol. The van der Waals surface area contributed by atoms with Crippen molar-refractivity contribution in [1.82, 2.24) is 9.97 Å². The molecule has 0 atom stereocenters. The summed E-state index contributed by atoms with van der Waals surface area (Å²) in [5.41, 5.74) is 6.84. The zero-order chi connectivity index (χ0) is 26.1. The molecule has 0 aliphatic rings. The van der Waals surface area contributed by atoms with Crippen molar-refractivity contribution in [2.75, 3.05) is 0 Å². The Labute approximate surface area is 235 Å². The number of nitrogens with zero attached hydrogens (tertiary/aromatic N) is 2. The number of benzene rings is 1. The number of hydrogen-bond donors (Lipinski definition) is 1. The van der Waals surface area contributed by atoms with E-state index in [-0.39, 0.29) is 43.5 Å². The van der Waals surface area contributed by atoms with Crippen LogP contribution in [0.4, 0.5) is 0 Å². The van der Waals surface area contributed by atoms with Crippen LogP contribution in [0.3, 0.4) is 0 Å². The molecule has 1 aromatic carbocycles. The average Bonchev–Trinajstić information content (AvgIpc) is 3.25. The van der Waals surface area contributed by atoms with Crippen LogP contribution in [0.1, 0.15) is 89.8 Å². The Kier molecular flexibility index (Phi) is 13.7. The van der Waals surface area contributed by atoms with E-state index in [0.717, 1.165) is 52.7 Å². The van der Waals surface area contributed by atoms with E-state index in [9.17, 15) is 9.90 Å². The van der Waals surface area contributed by atoms with Gasteiger partial charge in [0.2, 0.25) is 0 Å². The van der Waals surface area contributed by atoms with Crippen LogP contribution in [0.25, 0.3) is 21.5 Å². The van der Waals surface area contributed by atoms with E-state index in [0.29, 0.717) is 5.92 Å². The Morgan fingerprint density at radius 2 is 1.64 bits per heavy atom. The molecule has 3 aromatic rings. The Balaban J connectivity index is 0.000000367. The molecule has 1 N–H and O–H groups in total. The fourth-order valence-corrected chi connectivity index (χ4v) is 5.46. The maximum atomic E-state index is 11.7. The quantitative estimate of drug-likeness (QED) is 0.139. The van der Waals surface area contributed by atoms with Crippen molar-refractivity contribution in [3.63, 3.8) is 0 Å². The van der Waals surface area contributed by atoms with Crippen molar-refractivity contribution in [2.45, 2.75) is 87.0 Å². The summed E-state index contributed by atoms with van der Waals surface area (Å²) in [5.74, 6) is 1.03. The number of carbonyl (C=O) groups is 1. The van der Waals surface area contributed by atoms with Crippen LogP contribution in [0.15, 0.2) is 35.7 Å². The van der Waals surface area contributed by atoms with Gasteiger partial charge < -0.3 is 5.11 Å². The molecule has 3 rings (SSSR count). The Hall–Kier alpha value is -1.88. The summed E-state index contributed by atoms with van der Waals surface area (Å²) >= 11 is 1.73. The Morgan fingerprint density at radius 1 is 1.03 bits per heavy atom. The van der Waals surface area contributed by atoms with Gasteiger partial charge in [-0.15, -0.1) is 46.2 Å². The molecule has 0 aliphatic carbocycles. The minimum atomic E-state index is 0. The summed E-state index contributed by atoms with van der Waals surface area (Å²) in [6.07, 6.45) is 6.57. The molecule has 0 unspecified atom stereocenters. The molecule has 0 fully saturated rings. The fourth-order valence-electron chi connectivity index (χ4n) is 4.27. The third-order valence-corrected chi connectivity index (χ3v) is 7.48. The smallest absolute Gasteiger partial charge is 0.162 e. The van der Waals surface area contributed by atoms with Gasteiger partial charge in [0, 0.05) is 48.4 Å². The van der Waals surface area contributed by atoms with E-state index in [2.05, 4.69) is 61.2 Å². The Bertz CT molecular complexity index is 1120. The molecule has 0 amide bonds. The minimum Gasteiger partial charge on any atom is -0.512 e. The van der Waals surface area contributed by atoms with Crippen LogP contribution >= 0.6 is 11.3 Å². The summed E-state index contributed by atoms with van der Waals surface area (Å²) in [4.78, 5) is 20.7. The Morgan fingerprint density at radius 3 is 2.17 bits per heavy atom. The number of allylic oxidation sites excluding steroid dienone is 2. The van der Waals surface area contributed by atoms with E-state index < -0.39 is 0 Å². The second-order valence-electron chi connectivity index (χ2n) is 9.50. The molecule has 2 heterocycles. The molecule has 1 radical (unpaired) electrons. The van der Waals surface area contributed by atoms with E-state index in [1.165, 1.54) is 17.2 Å². The summed E-state index contributed by atoms with van der Waals surface area (Å²) < 4.78 is 1.16. The van der Waals surface area contributed by atoms with Gasteiger partial charge in [0.25, 0.3) is 0 Å². The molecule has 2 aromatic heterocycles. The third-order valence-electron chi connectivity index (χ3n) is 6.49. The van der Waals surface area contributed by atoms with Gasteiger partial charge in [-0.2, -0.15) is 0 Å². The predicted octanol–water partition coefficient (Wildman–Crippen LogP) is 8.77. The largest absolute Gasteiger partial charge is 0.512 e. The van der Waals surface area contributed by atoms with E-state index in [1.807, 2.05) is 27.7 Å². The van der Waals surface area contributed by atoms with Crippen LogP contribution in [0.5, 0.6) is 0 Å². The molecule has 4 nitrogen and oxygen atoms in total. The number of thiophene rings is 1. The first-order chi connectivity index (χ1) is 16.7. The number of aryl methyl sites for hydroxylation is 2. The van der Waals surface area contributed by atoms with Crippen LogP contribution in [-0.2, 0) is 24.9 Å². The number of rotatable bonds is 9. The van der Waals surface area contributed by atoms with Crippen molar-refractivity contribution < 1.29 is 30.0 Å². The number of ketones is 1. The fraction of sp³-hybridized carbons (Fsp3) is 0.500. The molecule has 0 aliphatic heterocycles. The molecule has 0 saturated heterocycles. The number of aliphatic hydroxyl groups excluding tert-OH is 1. The average molecular weight is 686 g/mol. The molecule has 36 heavy (non-hydrogen) atoms. The van der Waals surface area contributed by atoms with Crippen LogP contribution < -0.4 is 0 Å². The first-order valence-electron chi connectivity index (χ1n) is 12.8.